The highest BCUT2D eigenvalue weighted by molar-refractivity contribution is 8.00. The van der Waals surface area contributed by atoms with Gasteiger partial charge < -0.3 is 10.6 Å². The Balaban J connectivity index is 1.26. The molecule has 0 bridgehead atoms. The molecule has 1 aliphatic heterocycles. The average Bonchev–Trinajstić information content (AvgIpc) is 2.88. The molecular formula is C29H27N3O2S2. The summed E-state index contributed by atoms with van der Waals surface area (Å²) in [6.45, 7) is 4.02. The molecule has 3 aromatic carbocycles. The molecule has 7 heteroatoms. The van der Waals surface area contributed by atoms with Gasteiger partial charge in [0.2, 0.25) is 5.91 Å². The summed E-state index contributed by atoms with van der Waals surface area (Å²) in [6.07, 6.45) is 8.26. The van der Waals surface area contributed by atoms with E-state index in [1.54, 1.807) is 11.8 Å². The third kappa shape index (κ3) is 5.37. The van der Waals surface area contributed by atoms with Crippen LogP contribution < -0.4 is 15.5 Å². The fraction of sp³-hybridized carbons (Fsp3) is 0.172. The van der Waals surface area contributed by atoms with Gasteiger partial charge in [-0.15, -0.1) is 23.5 Å². The van der Waals surface area contributed by atoms with Crippen LogP contribution in [0, 0.1) is 13.8 Å². The largest absolute Gasteiger partial charge is 0.326 e. The van der Waals surface area contributed by atoms with Gasteiger partial charge in [0.25, 0.3) is 0 Å². The van der Waals surface area contributed by atoms with Gasteiger partial charge in [-0.25, -0.2) is 4.79 Å². The molecule has 5 nitrogen and oxygen atoms in total. The maximum absolute atomic E-state index is 13.5. The van der Waals surface area contributed by atoms with E-state index in [4.69, 9.17) is 0 Å². The van der Waals surface area contributed by atoms with E-state index in [1.807, 2.05) is 85.5 Å². The van der Waals surface area contributed by atoms with Crippen molar-refractivity contribution < 1.29 is 9.59 Å². The molecule has 3 amide bonds. The van der Waals surface area contributed by atoms with Gasteiger partial charge in [-0.3, -0.25) is 9.69 Å². The van der Waals surface area contributed by atoms with Crippen LogP contribution in [0.15, 0.2) is 101 Å². The van der Waals surface area contributed by atoms with Crippen molar-refractivity contribution in [2.75, 3.05) is 21.3 Å². The van der Waals surface area contributed by atoms with Crippen LogP contribution in [-0.2, 0) is 4.79 Å². The Bertz CT molecular complexity index is 1370. The molecule has 0 saturated carbocycles. The van der Waals surface area contributed by atoms with Crippen LogP contribution in [0.3, 0.4) is 0 Å². The van der Waals surface area contributed by atoms with Crippen LogP contribution in [0.4, 0.5) is 21.9 Å². The summed E-state index contributed by atoms with van der Waals surface area (Å²) in [5, 5.41) is 6.23. The van der Waals surface area contributed by atoms with Crippen molar-refractivity contribution in [2.24, 2.45) is 0 Å². The van der Waals surface area contributed by atoms with Crippen LogP contribution in [0.1, 0.15) is 11.1 Å². The first-order valence-electron chi connectivity index (χ1n) is 11.8. The molecule has 0 radical (unpaired) electrons. The molecule has 0 fully saturated rings. The summed E-state index contributed by atoms with van der Waals surface area (Å²) in [5.74, 6) is 0.217. The zero-order valence-corrected chi connectivity index (χ0v) is 21.7. The number of aryl methyl sites for hydroxylation is 2. The number of benzene rings is 3. The minimum atomic E-state index is -0.174. The zero-order chi connectivity index (χ0) is 25.1. The van der Waals surface area contributed by atoms with Gasteiger partial charge in [0.15, 0.2) is 0 Å². The van der Waals surface area contributed by atoms with E-state index in [0.29, 0.717) is 5.69 Å². The number of carbonyl (C=O) groups is 2. The number of carbonyl (C=O) groups excluding carboxylic acids is 2. The van der Waals surface area contributed by atoms with Crippen LogP contribution in [-0.4, -0.2) is 29.0 Å². The molecule has 5 rings (SSSR count). The third-order valence-electron chi connectivity index (χ3n) is 6.07. The van der Waals surface area contributed by atoms with Crippen molar-refractivity contribution in [1.82, 2.24) is 0 Å². The van der Waals surface area contributed by atoms with E-state index in [9.17, 15) is 9.59 Å². The fourth-order valence-corrected chi connectivity index (χ4v) is 6.37. The van der Waals surface area contributed by atoms with Crippen LogP contribution in [0.2, 0.25) is 0 Å². The maximum Gasteiger partial charge on any atom is 0.326 e. The fourth-order valence-electron chi connectivity index (χ4n) is 4.36. The molecule has 1 heterocycles. The minimum Gasteiger partial charge on any atom is -0.325 e. The number of nitrogens with zero attached hydrogens (tertiary/aromatic N) is 1. The number of fused-ring (bicyclic) bond motifs is 2. The molecule has 2 N–H and O–H groups in total. The monoisotopic (exact) mass is 513 g/mol. The Labute approximate surface area is 220 Å². The molecule has 2 atom stereocenters. The molecule has 1 aliphatic carbocycles. The number of amides is 3. The van der Waals surface area contributed by atoms with Gasteiger partial charge in [-0.05, 0) is 55.8 Å². The lowest BCUT2D eigenvalue weighted by Gasteiger charge is -2.40. The number of nitrogens with one attached hydrogen (secondary N) is 2. The first-order valence-corrected chi connectivity index (χ1v) is 13.7. The number of urea groups is 1. The third-order valence-corrected chi connectivity index (χ3v) is 8.37. The van der Waals surface area contributed by atoms with Gasteiger partial charge in [-0.1, -0.05) is 60.2 Å². The Morgan fingerprint density at radius 1 is 0.944 bits per heavy atom. The normalized spacial score (nSPS) is 17.8. The number of anilines is 3. The Morgan fingerprint density at radius 2 is 1.78 bits per heavy atom. The maximum atomic E-state index is 13.5. The van der Waals surface area contributed by atoms with Crippen molar-refractivity contribution in [3.63, 3.8) is 0 Å². The summed E-state index contributed by atoms with van der Waals surface area (Å²) in [6, 6.07) is 21.4. The predicted molar refractivity (Wildman–Crippen MR) is 151 cm³/mol. The smallest absolute Gasteiger partial charge is 0.325 e. The van der Waals surface area contributed by atoms with Crippen LogP contribution in [0.5, 0.6) is 0 Å². The number of allylic oxidation sites excluding steroid dienone is 2. The highest BCUT2D eigenvalue weighted by Gasteiger charge is 2.36. The number of rotatable bonds is 5. The molecule has 36 heavy (non-hydrogen) atoms. The van der Waals surface area contributed by atoms with Gasteiger partial charge in [0.1, 0.15) is 0 Å². The summed E-state index contributed by atoms with van der Waals surface area (Å²) in [7, 11) is 0. The SMILES string of the molecule is Cc1ccc(NC(=O)CSc2cccc(NC(=O)N3c4ccccc4SC4C=CC=CC43)c2)c(C)c1. The summed E-state index contributed by atoms with van der Waals surface area (Å²) in [5.41, 5.74) is 4.65. The Hall–Kier alpha value is -3.42. The number of hydrogen-bond acceptors (Lipinski definition) is 4. The standard InChI is InChI=1S/C29H27N3O2S2/c1-19-14-15-23(20(2)16-19)31-28(33)18-35-22-9-7-8-21(17-22)30-29(34)32-24-10-3-5-12-26(24)36-27-13-6-4-11-25(27)32/h3-17,24,26H,18H2,1-2H3,(H,30,34)(H,31,33). The lowest BCUT2D eigenvalue weighted by molar-refractivity contribution is -0.113. The lowest BCUT2D eigenvalue weighted by atomic mass is 10.1. The highest BCUT2D eigenvalue weighted by atomic mass is 32.2. The minimum absolute atomic E-state index is 0.0543. The van der Waals surface area contributed by atoms with Crippen molar-refractivity contribution in [3.05, 3.63) is 102 Å². The van der Waals surface area contributed by atoms with E-state index in [1.165, 1.54) is 11.8 Å². The number of hydrogen-bond donors (Lipinski definition) is 2. The van der Waals surface area contributed by atoms with Crippen molar-refractivity contribution >= 4 is 52.5 Å². The van der Waals surface area contributed by atoms with E-state index in [0.717, 1.165) is 32.3 Å². The van der Waals surface area contributed by atoms with E-state index in [2.05, 4.69) is 34.9 Å². The van der Waals surface area contributed by atoms with Crippen molar-refractivity contribution in [2.45, 2.75) is 34.9 Å². The average molecular weight is 514 g/mol. The van der Waals surface area contributed by atoms with Crippen molar-refractivity contribution in [1.29, 1.82) is 0 Å². The number of thioether (sulfide) groups is 2. The summed E-state index contributed by atoms with van der Waals surface area (Å²) >= 11 is 3.22. The molecule has 2 unspecified atom stereocenters. The molecule has 0 aromatic heterocycles. The lowest BCUT2D eigenvalue weighted by Crippen LogP contribution is -2.49. The molecular weight excluding hydrogens is 486 g/mol. The Kier molecular flexibility index (Phi) is 7.20. The molecule has 0 saturated heterocycles. The first kappa shape index (κ1) is 24.3. The van der Waals surface area contributed by atoms with Crippen LogP contribution >= 0.6 is 23.5 Å². The molecule has 3 aromatic rings. The quantitative estimate of drug-likeness (QED) is 0.359. The Morgan fingerprint density at radius 3 is 2.64 bits per heavy atom. The topological polar surface area (TPSA) is 61.4 Å². The zero-order valence-electron chi connectivity index (χ0n) is 20.1. The van der Waals surface area contributed by atoms with Gasteiger partial charge in [0.05, 0.1) is 22.7 Å². The summed E-state index contributed by atoms with van der Waals surface area (Å²) < 4.78 is 0. The van der Waals surface area contributed by atoms with Gasteiger partial charge in [0, 0.05) is 21.2 Å². The highest BCUT2D eigenvalue weighted by Crippen LogP contribution is 2.43. The molecule has 182 valence electrons. The second-order valence-corrected chi connectivity index (χ2v) is 11.1. The second kappa shape index (κ2) is 10.7. The van der Waals surface area contributed by atoms with Crippen molar-refractivity contribution in [3.8, 4) is 0 Å². The molecule has 2 aliphatic rings. The number of para-hydroxylation sites is 1. The second-order valence-electron chi connectivity index (χ2n) is 8.79. The van der Waals surface area contributed by atoms with Crippen LogP contribution in [0.25, 0.3) is 0 Å². The molecule has 0 spiro atoms. The van der Waals surface area contributed by atoms with Gasteiger partial charge in [-0.2, -0.15) is 0 Å². The predicted octanol–water partition coefficient (Wildman–Crippen LogP) is 7.04. The first-order chi connectivity index (χ1) is 17.5. The van der Waals surface area contributed by atoms with E-state index < -0.39 is 0 Å². The van der Waals surface area contributed by atoms with Gasteiger partial charge >= 0.3 is 6.03 Å². The van der Waals surface area contributed by atoms with E-state index in [-0.39, 0.29) is 29.0 Å². The van der Waals surface area contributed by atoms with E-state index >= 15 is 0 Å². The summed E-state index contributed by atoms with van der Waals surface area (Å²) in [4.78, 5) is 29.9.